The highest BCUT2D eigenvalue weighted by Crippen LogP contribution is 2.32. The molecule has 226 valence electrons. The Hall–Kier alpha value is -4.05. The lowest BCUT2D eigenvalue weighted by Gasteiger charge is -2.26. The summed E-state index contributed by atoms with van der Waals surface area (Å²) < 4.78 is 19.7. The van der Waals surface area contributed by atoms with Gasteiger partial charge in [-0.05, 0) is 30.3 Å². The van der Waals surface area contributed by atoms with Crippen LogP contribution in [0.15, 0.2) is 59.3 Å². The van der Waals surface area contributed by atoms with Gasteiger partial charge >= 0.3 is 6.03 Å². The van der Waals surface area contributed by atoms with Gasteiger partial charge in [0.1, 0.15) is 17.8 Å². The molecule has 0 atom stereocenters. The zero-order valence-electron chi connectivity index (χ0n) is 23.2. The molecule has 2 aromatic carbocycles. The standard InChI is InChI=1S/C29H32N6O7S/c36-16-29(17-37,18-38)25-14-26(33-42-25)32-27(39)30-20-3-1-19(2-4-20)22-15-35-23-6-5-21(13-24(23)43-28(35)31-22)41-12-9-34-7-10-40-11-8-34/h1-6,13-15,36-38H,7-12,16-18H2,(H2,30,32,33,39). The van der Waals surface area contributed by atoms with Gasteiger partial charge in [0.15, 0.2) is 16.5 Å². The third kappa shape index (κ3) is 6.20. The van der Waals surface area contributed by atoms with Gasteiger partial charge in [0.05, 0.1) is 48.9 Å². The summed E-state index contributed by atoms with van der Waals surface area (Å²) in [5, 5.41) is 37.6. The predicted molar refractivity (Wildman–Crippen MR) is 161 cm³/mol. The molecule has 0 saturated carbocycles. The van der Waals surface area contributed by atoms with Crippen LogP contribution in [0.1, 0.15) is 5.76 Å². The van der Waals surface area contributed by atoms with Crippen LogP contribution in [0.3, 0.4) is 0 Å². The van der Waals surface area contributed by atoms with Crippen molar-refractivity contribution in [2.75, 3.05) is 69.9 Å². The van der Waals surface area contributed by atoms with Crippen LogP contribution in [0.5, 0.6) is 5.75 Å². The van der Waals surface area contributed by atoms with Gasteiger partial charge in [0.2, 0.25) is 0 Å². The minimum absolute atomic E-state index is 0.0562. The summed E-state index contributed by atoms with van der Waals surface area (Å²) in [6.07, 6.45) is 2.00. The number of carbonyl (C=O) groups excluding carboxylic acids is 1. The SMILES string of the molecule is O=C(Nc1ccc(-c2cn3c(n2)sc2cc(OCCN4CCOCC4)ccc23)cc1)Nc1cc(C(CO)(CO)CO)on1. The van der Waals surface area contributed by atoms with Crippen molar-refractivity contribution in [1.29, 1.82) is 0 Å². The van der Waals surface area contributed by atoms with Crippen LogP contribution in [0.4, 0.5) is 16.3 Å². The number of nitrogens with one attached hydrogen (secondary N) is 2. The highest BCUT2D eigenvalue weighted by atomic mass is 32.1. The number of anilines is 2. The van der Waals surface area contributed by atoms with E-state index in [1.807, 2.05) is 24.4 Å². The zero-order valence-corrected chi connectivity index (χ0v) is 24.0. The van der Waals surface area contributed by atoms with Crippen LogP contribution < -0.4 is 15.4 Å². The van der Waals surface area contributed by atoms with E-state index in [1.54, 1.807) is 23.5 Å². The number of aliphatic hydroxyl groups excluding tert-OH is 3. The molecular weight excluding hydrogens is 576 g/mol. The zero-order chi connectivity index (χ0) is 29.8. The molecule has 0 aliphatic carbocycles. The molecule has 1 aliphatic rings. The molecule has 1 saturated heterocycles. The van der Waals surface area contributed by atoms with E-state index in [4.69, 9.17) is 19.0 Å². The van der Waals surface area contributed by atoms with E-state index in [0.29, 0.717) is 12.3 Å². The molecule has 14 heteroatoms. The Bertz CT molecular complexity index is 1680. The number of carbonyl (C=O) groups is 1. The molecule has 0 bridgehead atoms. The number of hydrogen-bond donors (Lipinski definition) is 5. The maximum atomic E-state index is 12.5. The average Bonchev–Trinajstić information content (AvgIpc) is 3.75. The first-order valence-corrected chi connectivity index (χ1v) is 14.6. The molecule has 3 aromatic heterocycles. The van der Waals surface area contributed by atoms with Crippen molar-refractivity contribution in [3.63, 3.8) is 0 Å². The predicted octanol–water partition coefficient (Wildman–Crippen LogP) is 2.77. The number of thiazole rings is 1. The number of urea groups is 1. The lowest BCUT2D eigenvalue weighted by molar-refractivity contribution is 0.0322. The lowest BCUT2D eigenvalue weighted by Crippen LogP contribution is -2.38. The van der Waals surface area contributed by atoms with Crippen molar-refractivity contribution in [1.82, 2.24) is 19.4 Å². The Kier molecular flexibility index (Phi) is 8.56. The molecule has 4 heterocycles. The quantitative estimate of drug-likeness (QED) is 0.150. The minimum atomic E-state index is -1.40. The fourth-order valence-electron chi connectivity index (χ4n) is 4.80. The Morgan fingerprint density at radius 2 is 1.79 bits per heavy atom. The van der Waals surface area contributed by atoms with Crippen LogP contribution in [0.2, 0.25) is 0 Å². The Labute approximate surface area is 250 Å². The van der Waals surface area contributed by atoms with Crippen molar-refractivity contribution < 1.29 is 34.1 Å². The van der Waals surface area contributed by atoms with Crippen LogP contribution in [-0.2, 0) is 10.2 Å². The summed E-state index contributed by atoms with van der Waals surface area (Å²) in [5.41, 5.74) is 1.92. The molecular formula is C29H32N6O7S. The van der Waals surface area contributed by atoms with Crippen LogP contribution in [0.25, 0.3) is 26.4 Å². The molecule has 6 rings (SSSR count). The topological polar surface area (TPSA) is 167 Å². The van der Waals surface area contributed by atoms with Crippen molar-refractivity contribution in [2.45, 2.75) is 5.41 Å². The van der Waals surface area contributed by atoms with Crippen molar-refractivity contribution >= 4 is 44.1 Å². The van der Waals surface area contributed by atoms with E-state index < -0.39 is 31.3 Å². The van der Waals surface area contributed by atoms with Gasteiger partial charge in [-0.15, -0.1) is 0 Å². The number of morpholine rings is 1. The number of aliphatic hydroxyl groups is 3. The number of benzene rings is 2. The number of rotatable bonds is 11. The van der Waals surface area contributed by atoms with Crippen LogP contribution in [0, 0.1) is 0 Å². The smallest absolute Gasteiger partial charge is 0.324 e. The number of ether oxygens (including phenoxy) is 2. The molecule has 13 nitrogen and oxygen atoms in total. The number of amides is 2. The number of aromatic nitrogens is 3. The average molecular weight is 609 g/mol. The first-order valence-electron chi connectivity index (χ1n) is 13.8. The van der Waals surface area contributed by atoms with Crippen molar-refractivity contribution in [3.8, 4) is 17.0 Å². The van der Waals surface area contributed by atoms with Gasteiger partial charge in [-0.1, -0.05) is 28.6 Å². The normalized spacial score (nSPS) is 14.4. The highest BCUT2D eigenvalue weighted by molar-refractivity contribution is 7.23. The molecule has 0 spiro atoms. The molecule has 5 N–H and O–H groups in total. The molecule has 5 aromatic rings. The second kappa shape index (κ2) is 12.7. The third-order valence-electron chi connectivity index (χ3n) is 7.47. The summed E-state index contributed by atoms with van der Waals surface area (Å²) in [7, 11) is 0. The molecule has 0 radical (unpaired) electrons. The van der Waals surface area contributed by atoms with E-state index in [9.17, 15) is 20.1 Å². The Morgan fingerprint density at radius 3 is 2.53 bits per heavy atom. The first kappa shape index (κ1) is 29.0. The largest absolute Gasteiger partial charge is 0.492 e. The number of hydrogen-bond acceptors (Lipinski definition) is 11. The summed E-state index contributed by atoms with van der Waals surface area (Å²) in [6, 6.07) is 14.2. The maximum Gasteiger partial charge on any atom is 0.324 e. The van der Waals surface area contributed by atoms with E-state index in [2.05, 4.69) is 37.2 Å². The summed E-state index contributed by atoms with van der Waals surface area (Å²) >= 11 is 1.60. The summed E-state index contributed by atoms with van der Waals surface area (Å²) in [6.45, 7) is 3.30. The van der Waals surface area contributed by atoms with Gasteiger partial charge < -0.3 is 34.6 Å². The van der Waals surface area contributed by atoms with E-state index in [0.717, 1.165) is 65.0 Å². The Morgan fingerprint density at radius 1 is 1.02 bits per heavy atom. The van der Waals surface area contributed by atoms with Crippen molar-refractivity contribution in [3.05, 3.63) is 60.5 Å². The van der Waals surface area contributed by atoms with Gasteiger partial charge in [-0.2, -0.15) is 0 Å². The minimum Gasteiger partial charge on any atom is -0.492 e. The maximum absolute atomic E-state index is 12.5. The third-order valence-corrected chi connectivity index (χ3v) is 8.48. The number of fused-ring (bicyclic) bond motifs is 3. The fraction of sp³-hybridized carbons (Fsp3) is 0.345. The fourth-order valence-corrected chi connectivity index (χ4v) is 5.83. The van der Waals surface area contributed by atoms with Gasteiger partial charge in [-0.25, -0.2) is 9.78 Å². The monoisotopic (exact) mass is 608 g/mol. The summed E-state index contributed by atoms with van der Waals surface area (Å²) in [5.74, 6) is 0.969. The van der Waals surface area contributed by atoms with E-state index in [-0.39, 0.29) is 11.6 Å². The van der Waals surface area contributed by atoms with Crippen molar-refractivity contribution in [2.24, 2.45) is 0 Å². The lowest BCUT2D eigenvalue weighted by atomic mass is 9.88. The van der Waals surface area contributed by atoms with E-state index >= 15 is 0 Å². The Balaban J connectivity index is 1.07. The molecule has 1 fully saturated rings. The molecule has 43 heavy (non-hydrogen) atoms. The molecule has 2 amide bonds. The second-order valence-corrected chi connectivity index (χ2v) is 11.3. The molecule has 0 unspecified atom stereocenters. The van der Waals surface area contributed by atoms with E-state index in [1.165, 1.54) is 6.07 Å². The van der Waals surface area contributed by atoms with Gasteiger partial charge in [0, 0.05) is 43.1 Å². The summed E-state index contributed by atoms with van der Waals surface area (Å²) in [4.78, 5) is 20.5. The number of nitrogens with zero attached hydrogens (tertiary/aromatic N) is 4. The number of imidazole rings is 1. The van der Waals surface area contributed by atoms with Gasteiger partial charge in [-0.3, -0.25) is 14.6 Å². The first-order chi connectivity index (χ1) is 21.0. The molecule has 1 aliphatic heterocycles. The van der Waals surface area contributed by atoms with Crippen LogP contribution in [-0.4, -0.2) is 100 Å². The highest BCUT2D eigenvalue weighted by Gasteiger charge is 2.35. The van der Waals surface area contributed by atoms with Gasteiger partial charge in [0.25, 0.3) is 0 Å². The second-order valence-electron chi connectivity index (χ2n) is 10.3. The van der Waals surface area contributed by atoms with Crippen LogP contribution >= 0.6 is 11.3 Å².